The first-order valence-electron chi connectivity index (χ1n) is 5.41. The molecule has 0 aliphatic rings. The highest BCUT2D eigenvalue weighted by Gasteiger charge is 2.22. The zero-order valence-electron chi connectivity index (χ0n) is 10.1. The number of aromatic nitrogens is 1. The standard InChI is InChI=1S/C11H11N3O4S2/c12-7-1-2-8(11(15)16)9(5-7)20(17,18)14-6-10-13-3-4-19-10/h1-5,14H,6,12H2,(H,15,16). The van der Waals surface area contributed by atoms with Crippen LogP contribution in [0.15, 0.2) is 34.7 Å². The number of carboxylic acids is 1. The number of nitrogens with two attached hydrogens (primary N) is 1. The third-order valence-electron chi connectivity index (χ3n) is 2.42. The van der Waals surface area contributed by atoms with Gasteiger partial charge in [-0.15, -0.1) is 11.3 Å². The molecule has 2 aromatic rings. The second-order valence-corrected chi connectivity index (χ2v) is 6.53. The summed E-state index contributed by atoms with van der Waals surface area (Å²) in [5.74, 6) is -1.33. The van der Waals surface area contributed by atoms with Crippen molar-refractivity contribution in [1.29, 1.82) is 0 Å². The molecule has 0 aliphatic heterocycles. The predicted octanol–water partition coefficient (Wildman–Crippen LogP) is 0.902. The number of anilines is 1. The van der Waals surface area contributed by atoms with E-state index < -0.39 is 16.0 Å². The van der Waals surface area contributed by atoms with Gasteiger partial charge in [-0.25, -0.2) is 22.9 Å². The molecule has 9 heteroatoms. The Morgan fingerprint density at radius 1 is 1.45 bits per heavy atom. The van der Waals surface area contributed by atoms with Crippen LogP contribution in [0.3, 0.4) is 0 Å². The second-order valence-electron chi connectivity index (χ2n) is 3.81. The van der Waals surface area contributed by atoms with Crippen molar-refractivity contribution in [3.8, 4) is 0 Å². The number of hydrogen-bond donors (Lipinski definition) is 3. The summed E-state index contributed by atoms with van der Waals surface area (Å²) in [7, 11) is -3.98. The van der Waals surface area contributed by atoms with E-state index in [9.17, 15) is 13.2 Å². The van der Waals surface area contributed by atoms with Crippen LogP contribution in [0, 0.1) is 0 Å². The summed E-state index contributed by atoms with van der Waals surface area (Å²) in [4.78, 5) is 14.6. The zero-order valence-corrected chi connectivity index (χ0v) is 11.7. The van der Waals surface area contributed by atoms with Crippen molar-refractivity contribution in [2.75, 3.05) is 5.73 Å². The molecule has 106 valence electrons. The van der Waals surface area contributed by atoms with Crippen molar-refractivity contribution in [2.45, 2.75) is 11.4 Å². The maximum absolute atomic E-state index is 12.2. The number of aromatic carboxylic acids is 1. The van der Waals surface area contributed by atoms with E-state index in [-0.39, 0.29) is 22.7 Å². The maximum Gasteiger partial charge on any atom is 0.337 e. The number of rotatable bonds is 5. The molecule has 1 heterocycles. The molecule has 0 atom stereocenters. The molecule has 0 saturated carbocycles. The number of nitrogen functional groups attached to an aromatic ring is 1. The van der Waals surface area contributed by atoms with Gasteiger partial charge in [-0.1, -0.05) is 0 Å². The Labute approximate surface area is 119 Å². The largest absolute Gasteiger partial charge is 0.478 e. The van der Waals surface area contributed by atoms with Crippen molar-refractivity contribution in [1.82, 2.24) is 9.71 Å². The van der Waals surface area contributed by atoms with E-state index in [1.54, 1.807) is 11.6 Å². The highest BCUT2D eigenvalue weighted by molar-refractivity contribution is 7.89. The van der Waals surface area contributed by atoms with Crippen molar-refractivity contribution in [3.05, 3.63) is 40.3 Å². The number of sulfonamides is 1. The molecule has 0 bridgehead atoms. The first-order valence-corrected chi connectivity index (χ1v) is 7.77. The SMILES string of the molecule is Nc1ccc(C(=O)O)c(S(=O)(=O)NCc2nccs2)c1. The van der Waals surface area contributed by atoms with Crippen LogP contribution < -0.4 is 10.5 Å². The van der Waals surface area contributed by atoms with Gasteiger partial charge in [0.25, 0.3) is 0 Å². The van der Waals surface area contributed by atoms with Gasteiger partial charge in [0, 0.05) is 17.3 Å². The van der Waals surface area contributed by atoms with Gasteiger partial charge >= 0.3 is 5.97 Å². The minimum atomic E-state index is -3.98. The smallest absolute Gasteiger partial charge is 0.337 e. The van der Waals surface area contributed by atoms with Crippen LogP contribution >= 0.6 is 11.3 Å². The van der Waals surface area contributed by atoms with E-state index in [1.807, 2.05) is 0 Å². The van der Waals surface area contributed by atoms with Crippen molar-refractivity contribution < 1.29 is 18.3 Å². The lowest BCUT2D eigenvalue weighted by molar-refractivity contribution is 0.0692. The van der Waals surface area contributed by atoms with Gasteiger partial charge in [0.05, 0.1) is 17.0 Å². The zero-order chi connectivity index (χ0) is 14.8. The Morgan fingerprint density at radius 2 is 2.20 bits per heavy atom. The Kier molecular flexibility index (Phi) is 4.02. The fourth-order valence-electron chi connectivity index (χ4n) is 1.51. The number of thiazole rings is 1. The molecule has 0 aliphatic carbocycles. The maximum atomic E-state index is 12.2. The van der Waals surface area contributed by atoms with E-state index >= 15 is 0 Å². The average molecular weight is 313 g/mol. The number of benzene rings is 1. The van der Waals surface area contributed by atoms with Gasteiger partial charge in [0.15, 0.2) is 0 Å². The normalized spacial score (nSPS) is 11.4. The molecule has 4 N–H and O–H groups in total. The van der Waals surface area contributed by atoms with E-state index in [0.717, 1.165) is 12.1 Å². The van der Waals surface area contributed by atoms with Gasteiger partial charge in [-0.05, 0) is 18.2 Å². The molecule has 0 spiro atoms. The molecule has 1 aromatic carbocycles. The lowest BCUT2D eigenvalue weighted by atomic mass is 10.2. The third kappa shape index (κ3) is 3.13. The van der Waals surface area contributed by atoms with Crippen molar-refractivity contribution >= 4 is 33.0 Å². The minimum absolute atomic E-state index is 0.00609. The van der Waals surface area contributed by atoms with Crippen LogP contribution in [-0.2, 0) is 16.6 Å². The topological polar surface area (TPSA) is 122 Å². The Hall–Kier alpha value is -1.97. The third-order valence-corrected chi connectivity index (χ3v) is 4.64. The van der Waals surface area contributed by atoms with Crippen LogP contribution in [0.2, 0.25) is 0 Å². The van der Waals surface area contributed by atoms with E-state index in [0.29, 0.717) is 5.01 Å². The lowest BCUT2D eigenvalue weighted by Crippen LogP contribution is -2.25. The molecule has 0 unspecified atom stereocenters. The van der Waals surface area contributed by atoms with E-state index in [1.165, 1.54) is 17.4 Å². The number of carboxylic acid groups (broad SMARTS) is 1. The highest BCUT2D eigenvalue weighted by atomic mass is 32.2. The fraction of sp³-hybridized carbons (Fsp3) is 0.0909. The number of nitrogens with one attached hydrogen (secondary N) is 1. The monoisotopic (exact) mass is 313 g/mol. The fourth-order valence-corrected chi connectivity index (χ4v) is 3.38. The highest BCUT2D eigenvalue weighted by Crippen LogP contribution is 2.19. The Bertz CT molecular complexity index is 726. The van der Waals surface area contributed by atoms with E-state index in [4.69, 9.17) is 10.8 Å². The molecule has 7 nitrogen and oxygen atoms in total. The Morgan fingerprint density at radius 3 is 2.80 bits per heavy atom. The minimum Gasteiger partial charge on any atom is -0.478 e. The van der Waals surface area contributed by atoms with Gasteiger partial charge in [-0.3, -0.25) is 0 Å². The quantitative estimate of drug-likeness (QED) is 0.705. The van der Waals surface area contributed by atoms with Crippen molar-refractivity contribution in [2.24, 2.45) is 0 Å². The number of nitrogens with zero attached hydrogens (tertiary/aromatic N) is 1. The summed E-state index contributed by atoms with van der Waals surface area (Å²) in [6.07, 6.45) is 1.55. The first kappa shape index (κ1) is 14.4. The summed E-state index contributed by atoms with van der Waals surface area (Å²) < 4.78 is 26.6. The summed E-state index contributed by atoms with van der Waals surface area (Å²) >= 11 is 1.29. The van der Waals surface area contributed by atoms with Crippen LogP contribution in [0.5, 0.6) is 0 Å². The summed E-state index contributed by atoms with van der Waals surface area (Å²) in [6.45, 7) is -0.00609. The van der Waals surface area contributed by atoms with Gasteiger partial charge in [0.1, 0.15) is 5.01 Å². The van der Waals surface area contributed by atoms with Crippen LogP contribution in [0.25, 0.3) is 0 Å². The summed E-state index contributed by atoms with van der Waals surface area (Å²) in [6, 6.07) is 3.62. The molecule has 2 rings (SSSR count). The molecular weight excluding hydrogens is 302 g/mol. The lowest BCUT2D eigenvalue weighted by Gasteiger charge is -2.09. The molecule has 0 saturated heterocycles. The van der Waals surface area contributed by atoms with Crippen LogP contribution in [0.1, 0.15) is 15.4 Å². The molecule has 0 fully saturated rings. The average Bonchev–Trinajstić information content (AvgIpc) is 2.89. The van der Waals surface area contributed by atoms with Crippen LogP contribution in [0.4, 0.5) is 5.69 Å². The molecule has 1 aromatic heterocycles. The van der Waals surface area contributed by atoms with Gasteiger partial charge < -0.3 is 10.8 Å². The molecule has 0 radical (unpaired) electrons. The second kappa shape index (κ2) is 5.57. The van der Waals surface area contributed by atoms with Gasteiger partial charge in [0.2, 0.25) is 10.0 Å². The van der Waals surface area contributed by atoms with Gasteiger partial charge in [-0.2, -0.15) is 0 Å². The number of carbonyl (C=O) groups is 1. The predicted molar refractivity (Wildman–Crippen MR) is 74.0 cm³/mol. The summed E-state index contributed by atoms with van der Waals surface area (Å²) in [5, 5.41) is 11.3. The summed E-state index contributed by atoms with van der Waals surface area (Å²) in [5.41, 5.74) is 5.36. The Balaban J connectivity index is 2.33. The first-order chi connectivity index (χ1) is 9.40. The molecular formula is C11H11N3O4S2. The van der Waals surface area contributed by atoms with Crippen molar-refractivity contribution in [3.63, 3.8) is 0 Å². The molecule has 20 heavy (non-hydrogen) atoms. The molecule has 0 amide bonds. The van der Waals surface area contributed by atoms with Crippen LogP contribution in [-0.4, -0.2) is 24.5 Å². The number of hydrogen-bond acceptors (Lipinski definition) is 6. The van der Waals surface area contributed by atoms with E-state index in [2.05, 4.69) is 9.71 Å².